The maximum Gasteiger partial charge on any atom is 0.138 e. The Hall–Kier alpha value is -1.26. The van der Waals surface area contributed by atoms with Crippen molar-refractivity contribution in [2.24, 2.45) is 0 Å². The van der Waals surface area contributed by atoms with Gasteiger partial charge in [0, 0.05) is 17.6 Å². The average Bonchev–Trinajstić information content (AvgIpc) is 2.52. The Morgan fingerprint density at radius 1 is 1.14 bits per heavy atom. The number of benzene rings is 2. The molecule has 0 saturated carbocycles. The van der Waals surface area contributed by atoms with Crippen LogP contribution in [0.4, 0.5) is 0 Å². The first-order valence-corrected chi connectivity index (χ1v) is 7.86. The van der Waals surface area contributed by atoms with E-state index in [1.807, 2.05) is 43.3 Å². The third-order valence-corrected chi connectivity index (χ3v) is 3.82. The molecule has 2 aromatic rings. The molecule has 0 aromatic heterocycles. The molecular formula is C17H19Cl2NO2. The molecule has 0 saturated heterocycles. The van der Waals surface area contributed by atoms with Gasteiger partial charge in [0.05, 0.1) is 5.02 Å². The van der Waals surface area contributed by atoms with Crippen LogP contribution in [0.3, 0.4) is 0 Å². The van der Waals surface area contributed by atoms with Gasteiger partial charge in [-0.3, -0.25) is 0 Å². The summed E-state index contributed by atoms with van der Waals surface area (Å²) in [6, 6.07) is 14.9. The van der Waals surface area contributed by atoms with E-state index >= 15 is 0 Å². The van der Waals surface area contributed by atoms with Gasteiger partial charge in [-0.25, -0.2) is 0 Å². The third kappa shape index (κ3) is 5.18. The van der Waals surface area contributed by atoms with Crippen LogP contribution in [0.1, 0.15) is 18.5 Å². The van der Waals surface area contributed by atoms with E-state index in [0.717, 1.165) is 5.56 Å². The molecule has 5 heteroatoms. The molecule has 0 spiro atoms. The van der Waals surface area contributed by atoms with Gasteiger partial charge in [0.2, 0.25) is 0 Å². The molecule has 2 atom stereocenters. The predicted octanol–water partition coefficient (Wildman–Crippen LogP) is 4.08. The molecule has 0 aliphatic carbocycles. The quantitative estimate of drug-likeness (QED) is 0.798. The first-order chi connectivity index (χ1) is 10.6. The van der Waals surface area contributed by atoms with E-state index in [9.17, 15) is 5.11 Å². The lowest BCUT2D eigenvalue weighted by atomic mass is 10.1. The number of para-hydroxylation sites is 1. The predicted molar refractivity (Wildman–Crippen MR) is 90.8 cm³/mol. The summed E-state index contributed by atoms with van der Waals surface area (Å²) >= 11 is 12.0. The molecule has 0 bridgehead atoms. The van der Waals surface area contributed by atoms with Gasteiger partial charge in [-0.2, -0.15) is 0 Å². The summed E-state index contributed by atoms with van der Waals surface area (Å²) in [7, 11) is 0. The second-order valence-corrected chi connectivity index (χ2v) is 5.92. The minimum absolute atomic E-state index is 0.0914. The summed E-state index contributed by atoms with van der Waals surface area (Å²) in [5.74, 6) is 0.575. The topological polar surface area (TPSA) is 41.5 Å². The van der Waals surface area contributed by atoms with Crippen molar-refractivity contribution in [1.29, 1.82) is 0 Å². The van der Waals surface area contributed by atoms with Crippen molar-refractivity contribution in [2.75, 3.05) is 13.2 Å². The number of ether oxygens (including phenoxy) is 1. The number of nitrogens with one attached hydrogen (secondary N) is 1. The van der Waals surface area contributed by atoms with E-state index in [-0.39, 0.29) is 12.6 Å². The summed E-state index contributed by atoms with van der Waals surface area (Å²) in [6.07, 6.45) is -0.627. The van der Waals surface area contributed by atoms with Crippen molar-refractivity contribution < 1.29 is 9.84 Å². The third-order valence-electron chi connectivity index (χ3n) is 3.28. The van der Waals surface area contributed by atoms with E-state index in [2.05, 4.69) is 5.32 Å². The highest BCUT2D eigenvalue weighted by Gasteiger charge is 2.10. The molecule has 0 fully saturated rings. The van der Waals surface area contributed by atoms with Crippen LogP contribution in [0.2, 0.25) is 10.0 Å². The van der Waals surface area contributed by atoms with Crippen LogP contribution in [0.25, 0.3) is 0 Å². The van der Waals surface area contributed by atoms with Crippen LogP contribution in [0.15, 0.2) is 48.5 Å². The highest BCUT2D eigenvalue weighted by Crippen LogP contribution is 2.23. The van der Waals surface area contributed by atoms with Crippen molar-refractivity contribution in [2.45, 2.75) is 19.1 Å². The van der Waals surface area contributed by atoms with Crippen LogP contribution in [0.5, 0.6) is 5.75 Å². The van der Waals surface area contributed by atoms with Crippen LogP contribution in [-0.4, -0.2) is 24.4 Å². The fourth-order valence-corrected chi connectivity index (χ4v) is 2.40. The molecule has 0 aliphatic rings. The van der Waals surface area contributed by atoms with E-state index in [1.54, 1.807) is 12.1 Å². The van der Waals surface area contributed by atoms with Gasteiger partial charge in [0.1, 0.15) is 18.5 Å². The standard InChI is InChI=1S/C17H19Cl2NO2/c1-12(13-5-4-6-14(18)9-13)20-10-15(21)11-22-17-8-3-2-7-16(17)19/h2-9,12,15,20-21H,10-11H2,1H3. The van der Waals surface area contributed by atoms with Gasteiger partial charge in [-0.15, -0.1) is 0 Å². The van der Waals surface area contributed by atoms with Crippen molar-refractivity contribution in [1.82, 2.24) is 5.32 Å². The van der Waals surface area contributed by atoms with Crippen LogP contribution < -0.4 is 10.1 Å². The normalized spacial score (nSPS) is 13.6. The average molecular weight is 340 g/mol. The molecular weight excluding hydrogens is 321 g/mol. The highest BCUT2D eigenvalue weighted by atomic mass is 35.5. The minimum atomic E-state index is -0.627. The Balaban J connectivity index is 1.78. The fourth-order valence-electron chi connectivity index (χ4n) is 2.01. The molecule has 0 aliphatic heterocycles. The molecule has 2 unspecified atom stereocenters. The van der Waals surface area contributed by atoms with Gasteiger partial charge in [-0.05, 0) is 36.8 Å². The molecule has 3 nitrogen and oxygen atoms in total. The zero-order valence-electron chi connectivity index (χ0n) is 12.3. The van der Waals surface area contributed by atoms with E-state index < -0.39 is 6.10 Å². The zero-order chi connectivity index (χ0) is 15.9. The van der Waals surface area contributed by atoms with Gasteiger partial charge >= 0.3 is 0 Å². The monoisotopic (exact) mass is 339 g/mol. The maximum atomic E-state index is 10.00. The van der Waals surface area contributed by atoms with Crippen LogP contribution in [-0.2, 0) is 0 Å². The lowest BCUT2D eigenvalue weighted by molar-refractivity contribution is 0.104. The molecule has 0 amide bonds. The van der Waals surface area contributed by atoms with Crippen molar-refractivity contribution >= 4 is 23.2 Å². The Labute approximate surface area is 140 Å². The number of hydrogen-bond acceptors (Lipinski definition) is 3. The van der Waals surface area contributed by atoms with Crippen LogP contribution in [0, 0.1) is 0 Å². The Kier molecular flexibility index (Phi) is 6.52. The Morgan fingerprint density at radius 3 is 2.64 bits per heavy atom. The smallest absolute Gasteiger partial charge is 0.138 e. The molecule has 118 valence electrons. The van der Waals surface area contributed by atoms with E-state index in [0.29, 0.717) is 22.3 Å². The van der Waals surface area contributed by atoms with Gasteiger partial charge in [0.15, 0.2) is 0 Å². The van der Waals surface area contributed by atoms with Gasteiger partial charge in [-0.1, -0.05) is 47.5 Å². The molecule has 2 rings (SSSR count). The second kappa shape index (κ2) is 8.39. The Morgan fingerprint density at radius 2 is 1.91 bits per heavy atom. The molecule has 0 heterocycles. The molecule has 22 heavy (non-hydrogen) atoms. The summed E-state index contributed by atoms with van der Waals surface area (Å²) in [6.45, 7) is 2.62. The fraction of sp³-hybridized carbons (Fsp3) is 0.294. The van der Waals surface area contributed by atoms with E-state index in [4.69, 9.17) is 27.9 Å². The molecule has 2 aromatic carbocycles. The Bertz CT molecular complexity index is 607. The lowest BCUT2D eigenvalue weighted by Gasteiger charge is -2.18. The summed E-state index contributed by atoms with van der Waals surface area (Å²) in [5, 5.41) is 14.5. The van der Waals surface area contributed by atoms with E-state index in [1.165, 1.54) is 0 Å². The zero-order valence-corrected chi connectivity index (χ0v) is 13.8. The second-order valence-electron chi connectivity index (χ2n) is 5.08. The molecule has 2 N–H and O–H groups in total. The lowest BCUT2D eigenvalue weighted by Crippen LogP contribution is -2.33. The highest BCUT2D eigenvalue weighted by molar-refractivity contribution is 6.32. The first kappa shape index (κ1) is 17.1. The van der Waals surface area contributed by atoms with Gasteiger partial charge in [0.25, 0.3) is 0 Å². The SMILES string of the molecule is CC(NCC(O)COc1ccccc1Cl)c1cccc(Cl)c1. The number of halogens is 2. The first-order valence-electron chi connectivity index (χ1n) is 7.10. The largest absolute Gasteiger partial charge is 0.489 e. The number of rotatable bonds is 7. The van der Waals surface area contributed by atoms with Crippen molar-refractivity contribution in [3.05, 3.63) is 64.1 Å². The number of hydrogen-bond donors (Lipinski definition) is 2. The summed E-state index contributed by atoms with van der Waals surface area (Å²) < 4.78 is 5.51. The molecule has 0 radical (unpaired) electrons. The summed E-state index contributed by atoms with van der Waals surface area (Å²) in [5.41, 5.74) is 1.08. The number of aliphatic hydroxyl groups is 1. The van der Waals surface area contributed by atoms with Crippen LogP contribution >= 0.6 is 23.2 Å². The van der Waals surface area contributed by atoms with Crippen molar-refractivity contribution in [3.63, 3.8) is 0 Å². The van der Waals surface area contributed by atoms with Gasteiger partial charge < -0.3 is 15.2 Å². The van der Waals surface area contributed by atoms with Crippen molar-refractivity contribution in [3.8, 4) is 5.75 Å². The summed E-state index contributed by atoms with van der Waals surface area (Å²) in [4.78, 5) is 0. The number of aliphatic hydroxyl groups excluding tert-OH is 1. The minimum Gasteiger partial charge on any atom is -0.489 e. The maximum absolute atomic E-state index is 10.00.